The number of anilines is 1. The lowest BCUT2D eigenvalue weighted by molar-refractivity contribution is -0.384. The van der Waals surface area contributed by atoms with E-state index in [-0.39, 0.29) is 11.4 Å². The number of benzene rings is 3. The van der Waals surface area contributed by atoms with Gasteiger partial charge >= 0.3 is 0 Å². The zero-order chi connectivity index (χ0) is 20.1. The SMILES string of the molecule is O=[N+]([O-])c1ccc(N/N=C\c2cc(Cc3ccccc3Cl)cc(Br)c2O)cc1. The number of phenols is 1. The minimum Gasteiger partial charge on any atom is -0.506 e. The highest BCUT2D eigenvalue weighted by molar-refractivity contribution is 9.10. The Morgan fingerprint density at radius 1 is 1.18 bits per heavy atom. The Bertz CT molecular complexity index is 1040. The number of non-ortho nitro benzene ring substituents is 1. The molecule has 0 fully saturated rings. The largest absolute Gasteiger partial charge is 0.506 e. The molecule has 0 radical (unpaired) electrons. The zero-order valence-electron chi connectivity index (χ0n) is 14.5. The number of nitro benzene ring substituents is 1. The third-order valence-electron chi connectivity index (χ3n) is 3.98. The molecule has 28 heavy (non-hydrogen) atoms. The number of hydrazone groups is 1. The Balaban J connectivity index is 1.77. The van der Waals surface area contributed by atoms with Crippen LogP contribution < -0.4 is 5.43 Å². The molecule has 3 aromatic rings. The van der Waals surface area contributed by atoms with E-state index in [4.69, 9.17) is 11.6 Å². The van der Waals surface area contributed by atoms with E-state index in [0.717, 1.165) is 11.1 Å². The van der Waals surface area contributed by atoms with E-state index in [9.17, 15) is 15.2 Å². The molecule has 0 aliphatic heterocycles. The highest BCUT2D eigenvalue weighted by Crippen LogP contribution is 2.30. The van der Waals surface area contributed by atoms with Crippen LogP contribution >= 0.6 is 27.5 Å². The van der Waals surface area contributed by atoms with E-state index < -0.39 is 4.92 Å². The van der Waals surface area contributed by atoms with Gasteiger partial charge < -0.3 is 5.11 Å². The first-order valence-electron chi connectivity index (χ1n) is 8.22. The van der Waals surface area contributed by atoms with Gasteiger partial charge in [0.1, 0.15) is 5.75 Å². The van der Waals surface area contributed by atoms with Crippen molar-refractivity contribution < 1.29 is 10.0 Å². The fourth-order valence-electron chi connectivity index (χ4n) is 2.57. The Kier molecular flexibility index (Phi) is 6.28. The fraction of sp³-hybridized carbons (Fsp3) is 0.0500. The lowest BCUT2D eigenvalue weighted by Crippen LogP contribution is -1.95. The molecule has 0 aliphatic rings. The number of hydrogen-bond acceptors (Lipinski definition) is 5. The van der Waals surface area contributed by atoms with Gasteiger partial charge in [-0.15, -0.1) is 0 Å². The van der Waals surface area contributed by atoms with Crippen molar-refractivity contribution in [3.05, 3.63) is 97.0 Å². The second kappa shape index (κ2) is 8.86. The lowest BCUT2D eigenvalue weighted by atomic mass is 10.0. The molecule has 0 spiro atoms. The maximum Gasteiger partial charge on any atom is 0.269 e. The fourth-order valence-corrected chi connectivity index (χ4v) is 3.30. The van der Waals surface area contributed by atoms with Crippen LogP contribution in [0.2, 0.25) is 5.02 Å². The second-order valence-corrected chi connectivity index (χ2v) is 7.22. The summed E-state index contributed by atoms with van der Waals surface area (Å²) in [7, 11) is 0. The number of nitrogens with zero attached hydrogens (tertiary/aromatic N) is 2. The molecule has 0 saturated carbocycles. The van der Waals surface area contributed by atoms with Crippen LogP contribution in [0.25, 0.3) is 0 Å². The summed E-state index contributed by atoms with van der Waals surface area (Å²) >= 11 is 9.59. The van der Waals surface area contributed by atoms with Crippen LogP contribution in [0.1, 0.15) is 16.7 Å². The van der Waals surface area contributed by atoms with Crippen molar-refractivity contribution in [1.82, 2.24) is 0 Å². The molecule has 0 aliphatic carbocycles. The van der Waals surface area contributed by atoms with E-state index in [0.29, 0.717) is 27.2 Å². The van der Waals surface area contributed by atoms with Crippen molar-refractivity contribution in [1.29, 1.82) is 0 Å². The number of nitrogens with one attached hydrogen (secondary N) is 1. The number of halogens is 2. The molecule has 142 valence electrons. The van der Waals surface area contributed by atoms with Gasteiger partial charge in [-0.1, -0.05) is 29.8 Å². The number of nitro groups is 1. The first-order valence-corrected chi connectivity index (χ1v) is 9.39. The standard InChI is InChI=1S/C20H15BrClN3O3/c21-18-11-13(9-14-3-1-2-4-19(14)22)10-15(20(18)26)12-23-24-16-5-7-17(8-6-16)25(27)28/h1-8,10-12,24,26H,9H2/b23-12-. The van der Waals surface area contributed by atoms with Gasteiger partial charge in [0.05, 0.1) is 21.3 Å². The smallest absolute Gasteiger partial charge is 0.269 e. The Morgan fingerprint density at radius 2 is 1.89 bits per heavy atom. The van der Waals surface area contributed by atoms with E-state index >= 15 is 0 Å². The molecule has 0 amide bonds. The highest BCUT2D eigenvalue weighted by atomic mass is 79.9. The third-order valence-corrected chi connectivity index (χ3v) is 4.95. The van der Waals surface area contributed by atoms with Crippen LogP contribution in [-0.2, 0) is 6.42 Å². The number of aromatic hydroxyl groups is 1. The van der Waals surface area contributed by atoms with Crippen LogP contribution in [0.4, 0.5) is 11.4 Å². The van der Waals surface area contributed by atoms with Crippen LogP contribution in [0.3, 0.4) is 0 Å². The third kappa shape index (κ3) is 4.88. The number of phenolic OH excluding ortho intramolecular Hbond substituents is 1. The predicted octanol–water partition coefficient (Wildman–Crippen LogP) is 5.75. The molecule has 0 heterocycles. The summed E-state index contributed by atoms with van der Waals surface area (Å²) in [6, 6.07) is 17.1. The zero-order valence-corrected chi connectivity index (χ0v) is 16.8. The minimum atomic E-state index is -0.465. The molecule has 3 rings (SSSR count). The molecule has 0 unspecified atom stereocenters. The van der Waals surface area contributed by atoms with Crippen molar-refractivity contribution in [3.8, 4) is 5.75 Å². The molecular weight excluding hydrogens is 446 g/mol. The first-order chi connectivity index (χ1) is 13.4. The molecule has 0 saturated heterocycles. The maximum atomic E-state index is 10.7. The van der Waals surface area contributed by atoms with E-state index in [1.807, 2.05) is 36.4 Å². The second-order valence-electron chi connectivity index (χ2n) is 5.96. The summed E-state index contributed by atoms with van der Waals surface area (Å²) in [6.45, 7) is 0. The predicted molar refractivity (Wildman–Crippen MR) is 114 cm³/mol. The average Bonchev–Trinajstić information content (AvgIpc) is 2.67. The Morgan fingerprint density at radius 3 is 2.57 bits per heavy atom. The molecule has 3 aromatic carbocycles. The number of hydrogen-bond donors (Lipinski definition) is 2. The molecule has 0 aromatic heterocycles. The monoisotopic (exact) mass is 459 g/mol. The van der Waals surface area contributed by atoms with Crippen LogP contribution in [0, 0.1) is 10.1 Å². The van der Waals surface area contributed by atoms with Crippen molar-refractivity contribution in [2.24, 2.45) is 5.10 Å². The lowest BCUT2D eigenvalue weighted by Gasteiger charge is -2.09. The van der Waals surface area contributed by atoms with Gasteiger partial charge in [0.2, 0.25) is 0 Å². The van der Waals surface area contributed by atoms with Crippen molar-refractivity contribution in [3.63, 3.8) is 0 Å². The molecule has 0 bridgehead atoms. The van der Waals surface area contributed by atoms with Crippen molar-refractivity contribution in [2.75, 3.05) is 5.43 Å². The topological polar surface area (TPSA) is 87.8 Å². The van der Waals surface area contributed by atoms with Crippen LogP contribution in [0.15, 0.2) is 70.2 Å². The summed E-state index contributed by atoms with van der Waals surface area (Å²) in [4.78, 5) is 10.2. The van der Waals surface area contributed by atoms with Crippen LogP contribution in [-0.4, -0.2) is 16.2 Å². The summed E-state index contributed by atoms with van der Waals surface area (Å²) in [5.41, 5.74) is 5.83. The van der Waals surface area contributed by atoms with E-state index in [2.05, 4.69) is 26.5 Å². The van der Waals surface area contributed by atoms with E-state index in [1.165, 1.54) is 18.3 Å². The van der Waals surface area contributed by atoms with Gasteiger partial charge in [-0.3, -0.25) is 15.5 Å². The molecule has 2 N–H and O–H groups in total. The summed E-state index contributed by atoms with van der Waals surface area (Å²) < 4.78 is 0.550. The average molecular weight is 461 g/mol. The van der Waals surface area contributed by atoms with Crippen molar-refractivity contribution in [2.45, 2.75) is 6.42 Å². The molecular formula is C20H15BrClN3O3. The number of rotatable bonds is 6. The maximum absolute atomic E-state index is 10.7. The van der Waals surface area contributed by atoms with E-state index in [1.54, 1.807) is 12.1 Å². The molecule has 6 nitrogen and oxygen atoms in total. The van der Waals surface area contributed by atoms with Gasteiger partial charge in [0, 0.05) is 22.7 Å². The van der Waals surface area contributed by atoms with Gasteiger partial charge in [-0.25, -0.2) is 0 Å². The Labute approximate surface area is 174 Å². The van der Waals surface area contributed by atoms with Crippen LogP contribution in [0.5, 0.6) is 5.75 Å². The summed E-state index contributed by atoms with van der Waals surface area (Å²) in [6.07, 6.45) is 2.09. The molecule has 8 heteroatoms. The van der Waals surface area contributed by atoms with Gasteiger partial charge in [-0.05, 0) is 63.8 Å². The highest BCUT2D eigenvalue weighted by Gasteiger charge is 2.09. The van der Waals surface area contributed by atoms with Gasteiger partial charge in [-0.2, -0.15) is 5.10 Å². The first kappa shape index (κ1) is 19.9. The molecule has 0 atom stereocenters. The summed E-state index contributed by atoms with van der Waals surface area (Å²) in [5, 5.41) is 25.7. The minimum absolute atomic E-state index is 0.00313. The Hall–Kier alpha value is -2.90. The van der Waals surface area contributed by atoms with Gasteiger partial charge in [0.25, 0.3) is 5.69 Å². The van der Waals surface area contributed by atoms with Crippen molar-refractivity contribution >= 4 is 45.1 Å². The normalized spacial score (nSPS) is 10.9. The summed E-state index contributed by atoms with van der Waals surface area (Å²) in [5.74, 6) is 0.0668. The van der Waals surface area contributed by atoms with Gasteiger partial charge in [0.15, 0.2) is 0 Å². The quantitative estimate of drug-likeness (QED) is 0.278.